The molecule has 1 amide bonds. The Morgan fingerprint density at radius 2 is 1.26 bits per heavy atom. The average Bonchev–Trinajstić information content (AvgIpc) is 2.56. The van der Waals surface area contributed by atoms with Crippen LogP contribution >= 0.6 is 7.26 Å². The van der Waals surface area contributed by atoms with Crippen LogP contribution in [0.1, 0.15) is 12.8 Å². The lowest BCUT2D eigenvalue weighted by Gasteiger charge is -2.27. The van der Waals surface area contributed by atoms with Crippen LogP contribution in [-0.4, -0.2) is 24.2 Å². The van der Waals surface area contributed by atoms with Crippen LogP contribution in [0.2, 0.25) is 0 Å². The van der Waals surface area contributed by atoms with Crippen molar-refractivity contribution in [3.05, 3.63) is 60.7 Å². The molecule has 0 atom stereocenters. The number of hydrogen-bond acceptors (Lipinski definition) is 3. The predicted molar refractivity (Wildman–Crippen MR) is 92.2 cm³/mol. The third-order valence-electron chi connectivity index (χ3n) is 3.94. The number of carbonyl (C=O) groups is 2. The van der Waals surface area contributed by atoms with Crippen LogP contribution in [0.25, 0.3) is 0 Å². The summed E-state index contributed by atoms with van der Waals surface area (Å²) in [4.78, 5) is 22.4. The van der Waals surface area contributed by atoms with E-state index in [0.717, 1.165) is 10.6 Å². The number of benzene rings is 2. The lowest BCUT2D eigenvalue weighted by atomic mass is 10.4. The minimum absolute atomic E-state index is 0.0314. The van der Waals surface area contributed by atoms with Gasteiger partial charge < -0.3 is 15.6 Å². The molecular formula is C18H20NO3P. The van der Waals surface area contributed by atoms with Crippen molar-refractivity contribution in [1.82, 2.24) is 0 Å². The molecule has 5 heteroatoms. The number of rotatable bonds is 8. The Kier molecular flexibility index (Phi) is 5.89. The molecule has 4 nitrogen and oxygen atoms in total. The first kappa shape index (κ1) is 17.2. The van der Waals surface area contributed by atoms with Gasteiger partial charge in [0.2, 0.25) is 5.91 Å². The number of nitrogens with two attached hydrogens (primary N) is 1. The van der Waals surface area contributed by atoms with Crippen LogP contribution in [0.15, 0.2) is 60.7 Å². The van der Waals surface area contributed by atoms with E-state index in [0.29, 0.717) is 12.3 Å². The fraction of sp³-hybridized carbons (Fsp3) is 0.222. The Morgan fingerprint density at radius 1 is 0.826 bits per heavy atom. The molecular weight excluding hydrogens is 309 g/mol. The van der Waals surface area contributed by atoms with Crippen molar-refractivity contribution in [2.24, 2.45) is 5.73 Å². The van der Waals surface area contributed by atoms with Gasteiger partial charge in [0.05, 0.1) is 36.6 Å². The lowest BCUT2D eigenvalue weighted by molar-refractivity contribution is -0.305. The van der Waals surface area contributed by atoms with E-state index in [1.165, 1.54) is 0 Å². The highest BCUT2D eigenvalue weighted by Gasteiger charge is 2.42. The molecule has 0 spiro atoms. The zero-order valence-corrected chi connectivity index (χ0v) is 13.7. The molecule has 0 radical (unpaired) electrons. The van der Waals surface area contributed by atoms with Crippen molar-refractivity contribution < 1.29 is 14.7 Å². The van der Waals surface area contributed by atoms with E-state index in [2.05, 4.69) is 0 Å². The normalized spacial score (nSPS) is 11.1. The fourth-order valence-corrected chi connectivity index (χ4v) is 6.99. The minimum atomic E-state index is -2.03. The summed E-state index contributed by atoms with van der Waals surface area (Å²) in [5.74, 6) is -1.44. The van der Waals surface area contributed by atoms with Crippen LogP contribution in [0.5, 0.6) is 0 Å². The van der Waals surface area contributed by atoms with Gasteiger partial charge in [0, 0.05) is 12.4 Å². The predicted octanol–water partition coefficient (Wildman–Crippen LogP) is 0.670. The largest absolute Gasteiger partial charge is 0.550 e. The van der Waals surface area contributed by atoms with E-state index in [-0.39, 0.29) is 18.7 Å². The number of carboxylic acids is 1. The van der Waals surface area contributed by atoms with Gasteiger partial charge in [-0.1, -0.05) is 36.4 Å². The Morgan fingerprint density at radius 3 is 1.65 bits per heavy atom. The van der Waals surface area contributed by atoms with Crippen molar-refractivity contribution >= 4 is 29.7 Å². The first-order valence-corrected chi connectivity index (χ1v) is 9.67. The molecule has 0 aliphatic carbocycles. The third kappa shape index (κ3) is 4.40. The molecule has 2 N–H and O–H groups in total. The van der Waals surface area contributed by atoms with E-state index in [1.807, 2.05) is 60.7 Å². The smallest absolute Gasteiger partial charge is 0.221 e. The number of amides is 1. The quantitative estimate of drug-likeness (QED) is 0.723. The number of primary amides is 1. The van der Waals surface area contributed by atoms with Crippen LogP contribution in [0.4, 0.5) is 0 Å². The van der Waals surface area contributed by atoms with Crippen molar-refractivity contribution in [1.29, 1.82) is 0 Å². The van der Waals surface area contributed by atoms with Crippen molar-refractivity contribution in [3.8, 4) is 0 Å². The lowest BCUT2D eigenvalue weighted by Crippen LogP contribution is -2.32. The molecule has 0 unspecified atom stereocenters. The molecule has 0 aliphatic heterocycles. The van der Waals surface area contributed by atoms with Crippen LogP contribution in [-0.2, 0) is 9.59 Å². The molecule has 0 bridgehead atoms. The Labute approximate surface area is 136 Å². The average molecular weight is 329 g/mol. The van der Waals surface area contributed by atoms with E-state index in [4.69, 9.17) is 5.73 Å². The van der Waals surface area contributed by atoms with Gasteiger partial charge in [0.1, 0.15) is 0 Å². The summed E-state index contributed by atoms with van der Waals surface area (Å²) in [6, 6.07) is 19.7. The summed E-state index contributed by atoms with van der Waals surface area (Å²) in [7, 11) is -2.03. The summed E-state index contributed by atoms with van der Waals surface area (Å²) in [6.45, 7) is 0. The van der Waals surface area contributed by atoms with E-state index in [9.17, 15) is 14.7 Å². The third-order valence-corrected chi connectivity index (χ3v) is 8.49. The maximum absolute atomic E-state index is 11.4. The molecule has 0 saturated heterocycles. The Balaban J connectivity index is 2.52. The molecule has 0 aliphatic rings. The second-order valence-electron chi connectivity index (χ2n) is 5.42. The van der Waals surface area contributed by atoms with E-state index < -0.39 is 13.2 Å². The van der Waals surface area contributed by atoms with Gasteiger partial charge in [-0.25, -0.2) is 0 Å². The maximum atomic E-state index is 11.4. The highest BCUT2D eigenvalue weighted by Crippen LogP contribution is 2.57. The molecule has 0 saturated carbocycles. The minimum Gasteiger partial charge on any atom is -0.550 e. The van der Waals surface area contributed by atoms with Crippen molar-refractivity contribution in [3.63, 3.8) is 0 Å². The van der Waals surface area contributed by atoms with Gasteiger partial charge in [0.15, 0.2) is 0 Å². The molecule has 120 valence electrons. The molecule has 0 fully saturated rings. The zero-order valence-electron chi connectivity index (χ0n) is 12.9. The maximum Gasteiger partial charge on any atom is 0.221 e. The SMILES string of the molecule is NC(=O)CC[P+](CCC(=O)[O-])(c1ccccc1)c1ccccc1. The second-order valence-corrected chi connectivity index (χ2v) is 9.29. The van der Waals surface area contributed by atoms with Gasteiger partial charge >= 0.3 is 0 Å². The van der Waals surface area contributed by atoms with Gasteiger partial charge in [-0.15, -0.1) is 0 Å². The molecule has 2 aromatic rings. The molecule has 23 heavy (non-hydrogen) atoms. The first-order valence-electron chi connectivity index (χ1n) is 7.51. The van der Waals surface area contributed by atoms with Crippen LogP contribution < -0.4 is 21.4 Å². The standard InChI is InChI=1S/C18H20NO3P/c19-17(20)11-13-23(14-12-18(21)22,15-7-3-1-4-8-15)16-9-5-2-6-10-16/h1-10H,11-14H2,(H2-,19,20,21,22). The van der Waals surface area contributed by atoms with Gasteiger partial charge in [-0.2, -0.15) is 0 Å². The van der Waals surface area contributed by atoms with Crippen molar-refractivity contribution in [2.75, 3.05) is 12.3 Å². The highest BCUT2D eigenvalue weighted by atomic mass is 31.2. The number of carbonyl (C=O) groups excluding carboxylic acids is 2. The zero-order chi connectivity index (χ0) is 16.7. The Hall–Kier alpha value is -2.19. The monoisotopic (exact) mass is 329 g/mol. The van der Waals surface area contributed by atoms with Crippen molar-refractivity contribution in [2.45, 2.75) is 12.8 Å². The van der Waals surface area contributed by atoms with Crippen LogP contribution in [0.3, 0.4) is 0 Å². The molecule has 0 aromatic heterocycles. The fourth-order valence-electron chi connectivity index (χ4n) is 2.79. The molecule has 0 heterocycles. The number of hydrogen-bond donors (Lipinski definition) is 1. The molecule has 2 rings (SSSR count). The topological polar surface area (TPSA) is 83.2 Å². The highest BCUT2D eigenvalue weighted by molar-refractivity contribution is 7.89. The second kappa shape index (κ2) is 7.89. The summed E-state index contributed by atoms with van der Waals surface area (Å²) in [6.07, 6.45) is 1.25. The van der Waals surface area contributed by atoms with Gasteiger partial charge in [0.25, 0.3) is 0 Å². The van der Waals surface area contributed by atoms with Crippen LogP contribution in [0, 0.1) is 0 Å². The van der Waals surface area contributed by atoms with Gasteiger partial charge in [-0.3, -0.25) is 4.79 Å². The number of aliphatic carboxylic acids is 1. The Bertz CT molecular complexity index is 599. The summed E-state index contributed by atoms with van der Waals surface area (Å²) < 4.78 is 0. The molecule has 2 aromatic carbocycles. The number of carboxylic acid groups (broad SMARTS) is 1. The summed E-state index contributed by atoms with van der Waals surface area (Å²) >= 11 is 0. The summed E-state index contributed by atoms with van der Waals surface area (Å²) in [5.41, 5.74) is 5.36. The van der Waals surface area contributed by atoms with E-state index >= 15 is 0 Å². The summed E-state index contributed by atoms with van der Waals surface area (Å²) in [5, 5.41) is 13.2. The first-order chi connectivity index (χ1) is 11.0. The van der Waals surface area contributed by atoms with Gasteiger partial charge in [-0.05, 0) is 24.3 Å². The van der Waals surface area contributed by atoms with E-state index in [1.54, 1.807) is 0 Å².